The van der Waals surface area contributed by atoms with Crippen LogP contribution in [0.1, 0.15) is 16.7 Å². The summed E-state index contributed by atoms with van der Waals surface area (Å²) < 4.78 is 11.1. The first-order valence-corrected chi connectivity index (χ1v) is 8.74. The molecule has 1 amide bonds. The van der Waals surface area contributed by atoms with Gasteiger partial charge in [-0.1, -0.05) is 34.1 Å². The lowest BCUT2D eigenvalue weighted by Crippen LogP contribution is -2.21. The average Bonchev–Trinajstić information content (AvgIpc) is 2.61. The minimum atomic E-state index is -0.608. The number of hydrogen-bond donors (Lipinski definition) is 1. The van der Waals surface area contributed by atoms with E-state index in [9.17, 15) is 9.59 Å². The van der Waals surface area contributed by atoms with Crippen LogP contribution in [0.4, 0.5) is 5.69 Å². The Bertz CT molecular complexity index is 825. The number of nitrogens with one attached hydrogen (secondary N) is 1. The van der Waals surface area contributed by atoms with Gasteiger partial charge < -0.3 is 14.8 Å². The highest BCUT2D eigenvalue weighted by molar-refractivity contribution is 9.10. The van der Waals surface area contributed by atoms with Crippen molar-refractivity contribution in [3.8, 4) is 5.75 Å². The van der Waals surface area contributed by atoms with Gasteiger partial charge in [0.05, 0.1) is 7.11 Å². The van der Waals surface area contributed by atoms with Crippen molar-refractivity contribution in [3.63, 3.8) is 0 Å². The van der Waals surface area contributed by atoms with Gasteiger partial charge in [-0.05, 0) is 49.2 Å². The summed E-state index contributed by atoms with van der Waals surface area (Å²) in [6, 6.07) is 11.2. The molecule has 0 saturated carbocycles. The van der Waals surface area contributed by atoms with Crippen LogP contribution in [0.25, 0.3) is 6.08 Å². The summed E-state index contributed by atoms with van der Waals surface area (Å²) in [5, 5.41) is 2.77. The van der Waals surface area contributed by atoms with Gasteiger partial charge in [0.15, 0.2) is 6.61 Å². The molecule has 0 saturated heterocycles. The number of aryl methyl sites for hydroxylation is 2. The minimum absolute atomic E-state index is 0.355. The van der Waals surface area contributed by atoms with E-state index in [2.05, 4.69) is 21.2 Å². The summed E-state index contributed by atoms with van der Waals surface area (Å²) in [5.74, 6) is -0.363. The number of methoxy groups -OCH3 is 1. The molecule has 0 aliphatic heterocycles. The standard InChI is InChI=1S/C20H20BrNO4/c1-13-5-4-6-14(2)20(13)22-18(23)12-26-19(24)10-7-15-11-16(21)8-9-17(15)25-3/h4-11H,12H2,1-3H3,(H,22,23)/b10-7+. The molecule has 0 aliphatic rings. The topological polar surface area (TPSA) is 64.6 Å². The second-order valence-corrected chi connectivity index (χ2v) is 6.56. The Balaban J connectivity index is 1.92. The van der Waals surface area contributed by atoms with Gasteiger partial charge in [0, 0.05) is 21.8 Å². The van der Waals surface area contributed by atoms with Crippen molar-refractivity contribution in [2.75, 3.05) is 19.0 Å². The maximum atomic E-state index is 12.0. The zero-order chi connectivity index (χ0) is 19.1. The highest BCUT2D eigenvalue weighted by atomic mass is 79.9. The molecule has 136 valence electrons. The molecule has 0 aliphatic carbocycles. The number of halogens is 1. The second kappa shape index (κ2) is 9.20. The molecular formula is C20H20BrNO4. The third-order valence-corrected chi connectivity index (χ3v) is 4.18. The molecule has 0 unspecified atom stereocenters. The van der Waals surface area contributed by atoms with E-state index < -0.39 is 5.97 Å². The minimum Gasteiger partial charge on any atom is -0.496 e. The molecule has 0 bridgehead atoms. The quantitative estimate of drug-likeness (QED) is 0.562. The van der Waals surface area contributed by atoms with E-state index >= 15 is 0 Å². The number of esters is 1. The second-order valence-electron chi connectivity index (χ2n) is 5.64. The van der Waals surface area contributed by atoms with Crippen molar-refractivity contribution in [1.29, 1.82) is 0 Å². The molecule has 0 fully saturated rings. The van der Waals surface area contributed by atoms with Gasteiger partial charge in [-0.3, -0.25) is 4.79 Å². The van der Waals surface area contributed by atoms with Crippen molar-refractivity contribution in [2.45, 2.75) is 13.8 Å². The molecule has 0 radical (unpaired) electrons. The van der Waals surface area contributed by atoms with Gasteiger partial charge in [0.25, 0.3) is 5.91 Å². The van der Waals surface area contributed by atoms with Crippen molar-refractivity contribution < 1.29 is 19.1 Å². The zero-order valence-corrected chi connectivity index (χ0v) is 16.4. The van der Waals surface area contributed by atoms with Gasteiger partial charge in [0.1, 0.15) is 5.75 Å². The Morgan fingerprint density at radius 2 is 1.85 bits per heavy atom. The zero-order valence-electron chi connectivity index (χ0n) is 14.8. The molecule has 2 rings (SSSR count). The largest absolute Gasteiger partial charge is 0.496 e. The Labute approximate surface area is 161 Å². The van der Waals surface area contributed by atoms with Gasteiger partial charge in [-0.15, -0.1) is 0 Å². The molecule has 2 aromatic rings. The van der Waals surface area contributed by atoms with Crippen molar-refractivity contribution >= 4 is 39.6 Å². The van der Waals surface area contributed by atoms with Crippen LogP contribution in [0.2, 0.25) is 0 Å². The number of carbonyl (C=O) groups excluding carboxylic acids is 2. The average molecular weight is 418 g/mol. The highest BCUT2D eigenvalue weighted by Crippen LogP contribution is 2.24. The summed E-state index contributed by atoms with van der Waals surface area (Å²) in [6.07, 6.45) is 2.84. The molecular weight excluding hydrogens is 398 g/mol. The molecule has 26 heavy (non-hydrogen) atoms. The van der Waals surface area contributed by atoms with E-state index in [0.29, 0.717) is 5.75 Å². The van der Waals surface area contributed by atoms with Crippen LogP contribution in [-0.4, -0.2) is 25.6 Å². The molecule has 0 heterocycles. The number of benzene rings is 2. The Hall–Kier alpha value is -2.60. The van der Waals surface area contributed by atoms with Crippen molar-refractivity contribution in [1.82, 2.24) is 0 Å². The predicted molar refractivity (Wildman–Crippen MR) is 105 cm³/mol. The number of para-hydroxylation sites is 1. The summed E-state index contributed by atoms with van der Waals surface area (Å²) in [6.45, 7) is 3.46. The van der Waals surface area contributed by atoms with Crippen molar-refractivity contribution in [2.24, 2.45) is 0 Å². The fraction of sp³-hybridized carbons (Fsp3) is 0.200. The summed E-state index contributed by atoms with van der Waals surface area (Å²) >= 11 is 3.37. The third kappa shape index (κ3) is 5.46. The van der Waals surface area contributed by atoms with Crippen LogP contribution < -0.4 is 10.1 Å². The van der Waals surface area contributed by atoms with Crippen molar-refractivity contribution in [3.05, 3.63) is 63.6 Å². The first-order chi connectivity index (χ1) is 12.4. The SMILES string of the molecule is COc1ccc(Br)cc1/C=C/C(=O)OCC(=O)Nc1c(C)cccc1C. The number of amides is 1. The number of rotatable bonds is 6. The highest BCUT2D eigenvalue weighted by Gasteiger charge is 2.09. The third-order valence-electron chi connectivity index (χ3n) is 3.68. The Morgan fingerprint density at radius 3 is 2.50 bits per heavy atom. The molecule has 5 nitrogen and oxygen atoms in total. The summed E-state index contributed by atoms with van der Waals surface area (Å²) in [7, 11) is 1.55. The fourth-order valence-electron chi connectivity index (χ4n) is 2.37. The van der Waals surface area contributed by atoms with E-state index in [1.165, 1.54) is 6.08 Å². The molecule has 0 spiro atoms. The molecule has 6 heteroatoms. The van der Waals surface area contributed by atoms with Crippen LogP contribution in [0.5, 0.6) is 5.75 Å². The molecule has 0 atom stereocenters. The van der Waals surface area contributed by atoms with E-state index in [1.807, 2.05) is 44.2 Å². The van der Waals surface area contributed by atoms with Crippen LogP contribution in [0, 0.1) is 13.8 Å². The first-order valence-electron chi connectivity index (χ1n) is 7.95. The number of ether oxygens (including phenoxy) is 2. The number of anilines is 1. The smallest absolute Gasteiger partial charge is 0.331 e. The van der Waals surface area contributed by atoms with Gasteiger partial charge in [-0.25, -0.2) is 4.79 Å². The van der Waals surface area contributed by atoms with Crippen LogP contribution >= 0.6 is 15.9 Å². The number of hydrogen-bond acceptors (Lipinski definition) is 4. The Kier molecular flexibility index (Phi) is 6.97. The molecule has 2 aromatic carbocycles. The van der Waals surface area contributed by atoms with Gasteiger partial charge in [0.2, 0.25) is 0 Å². The molecule has 1 N–H and O–H groups in total. The number of carbonyl (C=O) groups is 2. The lowest BCUT2D eigenvalue weighted by atomic mass is 10.1. The van der Waals surface area contributed by atoms with E-state index in [4.69, 9.17) is 9.47 Å². The first kappa shape index (κ1) is 19.7. The van der Waals surface area contributed by atoms with Crippen LogP contribution in [0.3, 0.4) is 0 Å². The van der Waals surface area contributed by atoms with Gasteiger partial charge >= 0.3 is 5.97 Å². The lowest BCUT2D eigenvalue weighted by molar-refractivity contribution is -0.142. The maximum Gasteiger partial charge on any atom is 0.331 e. The lowest BCUT2D eigenvalue weighted by Gasteiger charge is -2.11. The fourth-order valence-corrected chi connectivity index (χ4v) is 2.74. The van der Waals surface area contributed by atoms with Gasteiger partial charge in [-0.2, -0.15) is 0 Å². The monoisotopic (exact) mass is 417 g/mol. The van der Waals surface area contributed by atoms with E-state index in [-0.39, 0.29) is 12.5 Å². The Morgan fingerprint density at radius 1 is 1.15 bits per heavy atom. The summed E-state index contributed by atoms with van der Waals surface area (Å²) in [4.78, 5) is 23.9. The van der Waals surface area contributed by atoms with E-state index in [0.717, 1.165) is 26.9 Å². The van der Waals surface area contributed by atoms with E-state index in [1.54, 1.807) is 19.3 Å². The predicted octanol–water partition coefficient (Wildman–Crippen LogP) is 4.27. The van der Waals surface area contributed by atoms with Crippen LogP contribution in [0.15, 0.2) is 46.9 Å². The summed E-state index contributed by atoms with van der Waals surface area (Å²) in [5.41, 5.74) is 3.36. The normalized spacial score (nSPS) is 10.6. The molecule has 0 aromatic heterocycles. The van der Waals surface area contributed by atoms with Crippen LogP contribution in [-0.2, 0) is 14.3 Å². The maximum absolute atomic E-state index is 12.0.